The van der Waals surface area contributed by atoms with Crippen molar-refractivity contribution in [3.8, 4) is 11.8 Å². The minimum atomic E-state index is -0.190. The number of aliphatic imine (C=N–C) groups is 2. The van der Waals surface area contributed by atoms with E-state index in [-0.39, 0.29) is 18.4 Å². The highest BCUT2D eigenvalue weighted by atomic mass is 16.7. The molecule has 3 atom stereocenters. The summed E-state index contributed by atoms with van der Waals surface area (Å²) in [7, 11) is 3.27. The Kier molecular flexibility index (Phi) is 8.93. The highest BCUT2D eigenvalue weighted by Gasteiger charge is 2.30. The van der Waals surface area contributed by atoms with E-state index in [0.717, 1.165) is 32.3 Å². The molecule has 0 spiro atoms. The molecule has 146 valence electrons. The molecule has 3 unspecified atom stereocenters. The van der Waals surface area contributed by atoms with Crippen LogP contribution in [-0.4, -0.2) is 57.6 Å². The van der Waals surface area contributed by atoms with Gasteiger partial charge in [-0.1, -0.05) is 13.8 Å². The minimum absolute atomic E-state index is 0.0184. The third kappa shape index (κ3) is 6.30. The van der Waals surface area contributed by atoms with Gasteiger partial charge in [0.2, 0.25) is 11.8 Å². The molecule has 0 amide bonds. The van der Waals surface area contributed by atoms with E-state index in [0.29, 0.717) is 30.7 Å². The van der Waals surface area contributed by atoms with Gasteiger partial charge in [0.1, 0.15) is 12.1 Å². The molecular weight excluding hydrogens is 332 g/mol. The predicted molar refractivity (Wildman–Crippen MR) is 102 cm³/mol. The summed E-state index contributed by atoms with van der Waals surface area (Å²) < 4.78 is 22.1. The Labute approximate surface area is 157 Å². The lowest BCUT2D eigenvalue weighted by molar-refractivity contribution is -0.162. The zero-order valence-corrected chi connectivity index (χ0v) is 16.5. The first-order chi connectivity index (χ1) is 12.7. The smallest absolute Gasteiger partial charge is 0.210 e. The molecule has 2 aliphatic rings. The van der Waals surface area contributed by atoms with Crippen molar-refractivity contribution in [3.63, 3.8) is 0 Å². The van der Waals surface area contributed by atoms with E-state index < -0.39 is 0 Å². The first-order valence-corrected chi connectivity index (χ1v) is 9.58. The summed E-state index contributed by atoms with van der Waals surface area (Å²) in [5.74, 6) is 7.98. The zero-order valence-electron chi connectivity index (χ0n) is 16.5. The lowest BCUT2D eigenvalue weighted by Gasteiger charge is -2.26. The summed E-state index contributed by atoms with van der Waals surface area (Å²) in [5, 5.41) is 0. The van der Waals surface area contributed by atoms with Gasteiger partial charge in [-0.25, -0.2) is 9.98 Å². The van der Waals surface area contributed by atoms with Gasteiger partial charge < -0.3 is 18.9 Å². The fraction of sp³-hybridized carbons (Fsp3) is 0.800. The van der Waals surface area contributed by atoms with Crippen LogP contribution in [0.2, 0.25) is 0 Å². The summed E-state index contributed by atoms with van der Waals surface area (Å²) in [6.45, 7) is 5.69. The Bertz CT molecular complexity index is 542. The third-order valence-corrected chi connectivity index (χ3v) is 4.45. The van der Waals surface area contributed by atoms with Crippen LogP contribution in [0.3, 0.4) is 0 Å². The highest BCUT2D eigenvalue weighted by Crippen LogP contribution is 2.19. The summed E-state index contributed by atoms with van der Waals surface area (Å²) >= 11 is 0. The number of rotatable bonds is 6. The van der Waals surface area contributed by atoms with E-state index >= 15 is 0 Å². The highest BCUT2D eigenvalue weighted by molar-refractivity contribution is 5.94. The molecule has 26 heavy (non-hydrogen) atoms. The Hall–Kier alpha value is -1.58. The Morgan fingerprint density at radius 2 is 1.92 bits per heavy atom. The van der Waals surface area contributed by atoms with Crippen molar-refractivity contribution in [1.82, 2.24) is 0 Å². The fourth-order valence-electron chi connectivity index (χ4n) is 2.97. The van der Waals surface area contributed by atoms with Crippen LogP contribution >= 0.6 is 0 Å². The molecule has 1 fully saturated rings. The van der Waals surface area contributed by atoms with E-state index in [1.807, 2.05) is 0 Å². The van der Waals surface area contributed by atoms with Gasteiger partial charge in [-0.3, -0.25) is 0 Å². The lowest BCUT2D eigenvalue weighted by Crippen LogP contribution is -2.37. The summed E-state index contributed by atoms with van der Waals surface area (Å²) in [6.07, 6.45) is 5.61. The van der Waals surface area contributed by atoms with E-state index in [2.05, 4.69) is 35.7 Å². The van der Waals surface area contributed by atoms with Crippen molar-refractivity contribution in [3.05, 3.63) is 0 Å². The van der Waals surface area contributed by atoms with Crippen molar-refractivity contribution in [2.75, 3.05) is 27.4 Å². The Balaban J connectivity index is 1.74. The molecule has 0 aromatic rings. The molecule has 0 N–H and O–H groups in total. The van der Waals surface area contributed by atoms with Crippen molar-refractivity contribution in [2.45, 2.75) is 70.7 Å². The average molecular weight is 364 g/mol. The summed E-state index contributed by atoms with van der Waals surface area (Å²) in [5.41, 5.74) is 0. The molecule has 2 heterocycles. The fourth-order valence-corrected chi connectivity index (χ4v) is 2.97. The van der Waals surface area contributed by atoms with E-state index in [9.17, 15) is 0 Å². The van der Waals surface area contributed by atoms with Gasteiger partial charge in [0.15, 0.2) is 6.29 Å². The van der Waals surface area contributed by atoms with Crippen LogP contribution in [0.4, 0.5) is 0 Å². The van der Waals surface area contributed by atoms with Gasteiger partial charge in [0.05, 0.1) is 20.8 Å². The maximum atomic E-state index is 5.71. The molecule has 2 aliphatic heterocycles. The maximum absolute atomic E-state index is 5.71. The SMILES string of the molecule is COC1=NC(C(C)C)C(OC)=NC1CC#CCCCOC1CCCCO1. The summed E-state index contributed by atoms with van der Waals surface area (Å²) in [6, 6.07) is -0.275. The van der Waals surface area contributed by atoms with Gasteiger partial charge in [-0.2, -0.15) is 0 Å². The van der Waals surface area contributed by atoms with Crippen LogP contribution in [0.1, 0.15) is 52.4 Å². The zero-order chi connectivity index (χ0) is 18.8. The standard InChI is InChI=1S/C20H32N2O4/c1-15(2)18-20(24-4)21-16(19(22-18)23-3)11-7-5-6-9-13-25-17-12-8-10-14-26-17/h15-18H,6,8-14H2,1-4H3. The maximum Gasteiger partial charge on any atom is 0.210 e. The molecule has 0 aromatic heterocycles. The number of ether oxygens (including phenoxy) is 4. The van der Waals surface area contributed by atoms with Gasteiger partial charge >= 0.3 is 0 Å². The third-order valence-electron chi connectivity index (χ3n) is 4.45. The molecule has 0 saturated carbocycles. The van der Waals surface area contributed by atoms with Crippen LogP contribution in [-0.2, 0) is 18.9 Å². The Morgan fingerprint density at radius 3 is 2.58 bits per heavy atom. The number of methoxy groups -OCH3 is 2. The average Bonchev–Trinajstić information content (AvgIpc) is 2.67. The van der Waals surface area contributed by atoms with Crippen molar-refractivity contribution < 1.29 is 18.9 Å². The van der Waals surface area contributed by atoms with Crippen LogP contribution in [0.25, 0.3) is 0 Å². The van der Waals surface area contributed by atoms with Crippen molar-refractivity contribution >= 4 is 11.8 Å². The van der Waals surface area contributed by atoms with Gasteiger partial charge in [-0.05, 0) is 31.6 Å². The van der Waals surface area contributed by atoms with Crippen molar-refractivity contribution in [2.24, 2.45) is 15.9 Å². The second-order valence-electron chi connectivity index (χ2n) is 6.88. The number of nitrogens with zero attached hydrogens (tertiary/aromatic N) is 2. The number of hydrogen-bond donors (Lipinski definition) is 0. The van der Waals surface area contributed by atoms with Gasteiger partial charge in [-0.15, -0.1) is 11.8 Å². The van der Waals surface area contributed by atoms with Crippen LogP contribution in [0.5, 0.6) is 0 Å². The topological polar surface area (TPSA) is 61.6 Å². The molecule has 0 bridgehead atoms. The van der Waals surface area contributed by atoms with Gasteiger partial charge in [0, 0.05) is 19.4 Å². The molecule has 1 saturated heterocycles. The molecule has 6 nitrogen and oxygen atoms in total. The second kappa shape index (κ2) is 11.2. The monoisotopic (exact) mass is 364 g/mol. The van der Waals surface area contributed by atoms with E-state index in [1.54, 1.807) is 14.2 Å². The lowest BCUT2D eigenvalue weighted by atomic mass is 10.0. The van der Waals surface area contributed by atoms with Crippen LogP contribution < -0.4 is 0 Å². The van der Waals surface area contributed by atoms with Gasteiger partial charge in [0.25, 0.3) is 0 Å². The van der Waals surface area contributed by atoms with Crippen molar-refractivity contribution in [1.29, 1.82) is 0 Å². The number of hydrogen-bond acceptors (Lipinski definition) is 6. The minimum Gasteiger partial charge on any atom is -0.483 e. The van der Waals surface area contributed by atoms with Crippen LogP contribution in [0, 0.1) is 17.8 Å². The molecular formula is C20H32N2O4. The Morgan fingerprint density at radius 1 is 1.12 bits per heavy atom. The van der Waals surface area contributed by atoms with E-state index in [1.165, 1.54) is 6.42 Å². The first-order valence-electron chi connectivity index (χ1n) is 9.58. The molecule has 0 aliphatic carbocycles. The first kappa shape index (κ1) is 20.7. The molecule has 0 radical (unpaired) electrons. The second-order valence-corrected chi connectivity index (χ2v) is 6.88. The summed E-state index contributed by atoms with van der Waals surface area (Å²) in [4.78, 5) is 9.30. The largest absolute Gasteiger partial charge is 0.483 e. The molecule has 6 heteroatoms. The number of unbranched alkanes of at least 4 members (excludes halogenated alkanes) is 1. The predicted octanol–water partition coefficient (Wildman–Crippen LogP) is 3.20. The molecule has 2 rings (SSSR count). The molecule has 0 aromatic carbocycles. The van der Waals surface area contributed by atoms with Crippen LogP contribution in [0.15, 0.2) is 9.98 Å². The van der Waals surface area contributed by atoms with E-state index in [4.69, 9.17) is 18.9 Å². The quantitative estimate of drug-likeness (QED) is 0.536. The normalized spacial score (nSPS) is 25.8.